The molecule has 2 aliphatic heterocycles. The summed E-state index contributed by atoms with van der Waals surface area (Å²) in [4.78, 5) is 0. The van der Waals surface area contributed by atoms with Crippen molar-refractivity contribution in [1.82, 2.24) is 5.32 Å². The maximum Gasteiger partial charge on any atom is 0.0704 e. The molecule has 0 aromatic carbocycles. The molecule has 0 aliphatic carbocycles. The van der Waals surface area contributed by atoms with E-state index in [-0.39, 0.29) is 5.54 Å². The molecule has 0 bridgehead atoms. The lowest BCUT2D eigenvalue weighted by molar-refractivity contribution is 0.0501. The van der Waals surface area contributed by atoms with Crippen molar-refractivity contribution in [1.29, 1.82) is 0 Å². The van der Waals surface area contributed by atoms with E-state index < -0.39 is 0 Å². The molecular weight excluding hydrogens is 178 g/mol. The van der Waals surface area contributed by atoms with Crippen LogP contribution in [0.3, 0.4) is 0 Å². The Balaban J connectivity index is 1.71. The molecule has 0 amide bonds. The van der Waals surface area contributed by atoms with Gasteiger partial charge in [-0.1, -0.05) is 0 Å². The van der Waals surface area contributed by atoms with E-state index in [0.717, 1.165) is 26.2 Å². The highest BCUT2D eigenvalue weighted by Crippen LogP contribution is 2.21. The normalized spacial score (nSPS) is 43.3. The lowest BCUT2D eigenvalue weighted by atomic mass is 10.0. The first-order valence-electron chi connectivity index (χ1n) is 5.66. The third-order valence-corrected chi connectivity index (χ3v) is 3.30. The molecule has 2 heterocycles. The van der Waals surface area contributed by atoms with Gasteiger partial charge in [0.1, 0.15) is 0 Å². The first kappa shape index (κ1) is 10.4. The lowest BCUT2D eigenvalue weighted by Crippen LogP contribution is -2.46. The Hall–Kier alpha value is -0.120. The second-order valence-electron chi connectivity index (χ2n) is 4.89. The van der Waals surface area contributed by atoms with E-state index in [9.17, 15) is 0 Å². The predicted molar refractivity (Wildman–Crippen MR) is 55.4 cm³/mol. The Labute approximate surface area is 86.2 Å². The molecule has 2 fully saturated rings. The van der Waals surface area contributed by atoms with Crippen molar-refractivity contribution in [3.63, 3.8) is 0 Å². The largest absolute Gasteiger partial charge is 0.379 e. The average molecular weight is 199 g/mol. The Morgan fingerprint density at radius 3 is 2.86 bits per heavy atom. The Morgan fingerprint density at radius 1 is 1.43 bits per heavy atom. The van der Waals surface area contributed by atoms with E-state index in [1.165, 1.54) is 12.8 Å². The molecule has 3 nitrogen and oxygen atoms in total. The number of rotatable bonds is 3. The first-order valence-corrected chi connectivity index (χ1v) is 5.66. The third-order valence-electron chi connectivity index (χ3n) is 3.30. The number of hydrogen-bond acceptors (Lipinski definition) is 3. The minimum absolute atomic E-state index is 0.190. The van der Waals surface area contributed by atoms with E-state index in [0.29, 0.717) is 12.2 Å². The Bertz CT molecular complexity index is 190. The monoisotopic (exact) mass is 199 g/mol. The van der Waals surface area contributed by atoms with Crippen LogP contribution in [0.4, 0.5) is 0 Å². The van der Waals surface area contributed by atoms with Gasteiger partial charge in [-0.2, -0.15) is 0 Å². The molecule has 0 saturated carbocycles. The van der Waals surface area contributed by atoms with E-state index in [2.05, 4.69) is 19.2 Å². The van der Waals surface area contributed by atoms with Crippen molar-refractivity contribution >= 4 is 0 Å². The molecule has 14 heavy (non-hydrogen) atoms. The number of ether oxygens (including phenoxy) is 2. The number of nitrogens with one attached hydrogen (secondary N) is 1. The van der Waals surface area contributed by atoms with Crippen molar-refractivity contribution < 1.29 is 9.47 Å². The molecule has 0 radical (unpaired) electrons. The molecule has 2 rings (SSSR count). The summed E-state index contributed by atoms with van der Waals surface area (Å²) < 4.78 is 11.2. The molecule has 2 saturated heterocycles. The van der Waals surface area contributed by atoms with Gasteiger partial charge in [0.25, 0.3) is 0 Å². The summed E-state index contributed by atoms with van der Waals surface area (Å²) in [6.07, 6.45) is 4.40. The molecule has 2 aliphatic rings. The molecule has 3 atom stereocenters. The standard InChI is InChI=1S/C11H21NO2/c1-9-3-4-10(14-9)7-12-11(2)5-6-13-8-11/h9-10,12H,3-8H2,1-2H3. The van der Waals surface area contributed by atoms with Gasteiger partial charge in [0.15, 0.2) is 0 Å². The summed E-state index contributed by atoms with van der Waals surface area (Å²) in [6, 6.07) is 0. The van der Waals surface area contributed by atoms with Gasteiger partial charge in [-0.3, -0.25) is 0 Å². The minimum Gasteiger partial charge on any atom is -0.379 e. The van der Waals surface area contributed by atoms with Crippen LogP contribution in [0.15, 0.2) is 0 Å². The van der Waals surface area contributed by atoms with E-state index in [1.807, 2.05) is 0 Å². The molecule has 0 aromatic rings. The SMILES string of the molecule is CC1CCC(CNC2(C)CCOC2)O1. The van der Waals surface area contributed by atoms with Gasteiger partial charge < -0.3 is 14.8 Å². The molecule has 0 spiro atoms. The molecule has 3 heteroatoms. The fraction of sp³-hybridized carbons (Fsp3) is 1.00. The smallest absolute Gasteiger partial charge is 0.0704 e. The van der Waals surface area contributed by atoms with Gasteiger partial charge in [0.2, 0.25) is 0 Å². The summed E-state index contributed by atoms with van der Waals surface area (Å²) in [5, 5.41) is 3.57. The molecule has 3 unspecified atom stereocenters. The number of hydrogen-bond donors (Lipinski definition) is 1. The van der Waals surface area contributed by atoms with Crippen LogP contribution in [0, 0.1) is 0 Å². The van der Waals surface area contributed by atoms with Crippen LogP contribution in [-0.4, -0.2) is 37.5 Å². The second kappa shape index (κ2) is 4.17. The van der Waals surface area contributed by atoms with Gasteiger partial charge in [-0.05, 0) is 33.1 Å². The minimum atomic E-state index is 0.190. The summed E-state index contributed by atoms with van der Waals surface area (Å²) >= 11 is 0. The van der Waals surface area contributed by atoms with Crippen molar-refractivity contribution in [2.24, 2.45) is 0 Å². The van der Waals surface area contributed by atoms with Crippen LogP contribution in [0.5, 0.6) is 0 Å². The quantitative estimate of drug-likeness (QED) is 0.743. The van der Waals surface area contributed by atoms with Crippen LogP contribution in [0.1, 0.15) is 33.1 Å². The summed E-state index contributed by atoms with van der Waals surface area (Å²) in [7, 11) is 0. The maximum absolute atomic E-state index is 5.76. The van der Waals surface area contributed by atoms with Crippen molar-refractivity contribution in [2.45, 2.75) is 50.9 Å². The van der Waals surface area contributed by atoms with E-state index in [4.69, 9.17) is 9.47 Å². The average Bonchev–Trinajstić information content (AvgIpc) is 2.73. The second-order valence-corrected chi connectivity index (χ2v) is 4.89. The molecule has 1 N–H and O–H groups in total. The van der Waals surface area contributed by atoms with Crippen molar-refractivity contribution in [3.8, 4) is 0 Å². The van der Waals surface area contributed by atoms with Crippen LogP contribution >= 0.6 is 0 Å². The van der Waals surface area contributed by atoms with Crippen LogP contribution < -0.4 is 5.32 Å². The summed E-state index contributed by atoms with van der Waals surface area (Å²) in [5.74, 6) is 0. The van der Waals surface area contributed by atoms with E-state index in [1.54, 1.807) is 0 Å². The van der Waals surface area contributed by atoms with Crippen LogP contribution in [0.25, 0.3) is 0 Å². The van der Waals surface area contributed by atoms with Crippen molar-refractivity contribution in [2.75, 3.05) is 19.8 Å². The zero-order valence-corrected chi connectivity index (χ0v) is 9.21. The van der Waals surface area contributed by atoms with Crippen LogP contribution in [-0.2, 0) is 9.47 Å². The lowest BCUT2D eigenvalue weighted by Gasteiger charge is -2.25. The molecule has 0 aromatic heterocycles. The molecule has 82 valence electrons. The van der Waals surface area contributed by atoms with Gasteiger partial charge in [-0.15, -0.1) is 0 Å². The van der Waals surface area contributed by atoms with Gasteiger partial charge in [0, 0.05) is 18.7 Å². The van der Waals surface area contributed by atoms with Crippen molar-refractivity contribution in [3.05, 3.63) is 0 Å². The molecular formula is C11H21NO2. The zero-order chi connectivity index (χ0) is 10.0. The fourth-order valence-corrected chi connectivity index (χ4v) is 2.20. The Kier molecular flexibility index (Phi) is 3.10. The predicted octanol–water partition coefficient (Wildman–Crippen LogP) is 1.32. The summed E-state index contributed by atoms with van der Waals surface area (Å²) in [5.41, 5.74) is 0.190. The highest BCUT2D eigenvalue weighted by Gasteiger charge is 2.31. The van der Waals surface area contributed by atoms with Gasteiger partial charge >= 0.3 is 0 Å². The third kappa shape index (κ3) is 2.47. The van der Waals surface area contributed by atoms with Gasteiger partial charge in [0.05, 0.1) is 18.8 Å². The topological polar surface area (TPSA) is 30.5 Å². The zero-order valence-electron chi connectivity index (χ0n) is 9.21. The fourth-order valence-electron chi connectivity index (χ4n) is 2.20. The highest BCUT2D eigenvalue weighted by molar-refractivity contribution is 4.88. The van der Waals surface area contributed by atoms with Gasteiger partial charge in [-0.25, -0.2) is 0 Å². The van der Waals surface area contributed by atoms with Crippen LogP contribution in [0.2, 0.25) is 0 Å². The van der Waals surface area contributed by atoms with E-state index >= 15 is 0 Å². The highest BCUT2D eigenvalue weighted by atomic mass is 16.5. The summed E-state index contributed by atoms with van der Waals surface area (Å²) in [6.45, 7) is 7.10. The maximum atomic E-state index is 5.76. The Morgan fingerprint density at radius 2 is 2.29 bits per heavy atom. The first-order chi connectivity index (χ1) is 6.68.